The zero-order valence-electron chi connectivity index (χ0n) is 12.0. The smallest absolute Gasteiger partial charge is 0.228 e. The standard InChI is InChI=1S/C15H22N2OS.ClH/c1-10-12-4-2-3-5-13(12)19-15(10)17-14(18)11-6-8-16-9-7-11;/h11,16H,2-9H2,1H3,(H,17,18);1H. The van der Waals surface area contributed by atoms with Crippen molar-refractivity contribution in [2.24, 2.45) is 5.92 Å². The Balaban J connectivity index is 0.00000147. The number of amides is 1. The fraction of sp³-hybridized carbons (Fsp3) is 0.667. The molecule has 1 saturated heterocycles. The van der Waals surface area contributed by atoms with Gasteiger partial charge in [-0.3, -0.25) is 4.79 Å². The molecule has 2 aliphatic rings. The number of rotatable bonds is 2. The van der Waals surface area contributed by atoms with Crippen LogP contribution in [0.15, 0.2) is 0 Å². The molecule has 0 bridgehead atoms. The number of hydrogen-bond acceptors (Lipinski definition) is 3. The van der Waals surface area contributed by atoms with Crippen molar-refractivity contribution in [1.29, 1.82) is 0 Å². The number of fused-ring (bicyclic) bond motifs is 1. The molecule has 1 aromatic rings. The molecule has 3 nitrogen and oxygen atoms in total. The van der Waals surface area contributed by atoms with E-state index in [1.54, 1.807) is 11.3 Å². The molecule has 1 aliphatic carbocycles. The van der Waals surface area contributed by atoms with Gasteiger partial charge in [-0.05, 0) is 69.7 Å². The van der Waals surface area contributed by atoms with E-state index in [2.05, 4.69) is 17.6 Å². The van der Waals surface area contributed by atoms with Crippen molar-refractivity contribution in [3.8, 4) is 0 Å². The van der Waals surface area contributed by atoms with Crippen LogP contribution in [0, 0.1) is 12.8 Å². The van der Waals surface area contributed by atoms with Crippen LogP contribution in [0.2, 0.25) is 0 Å². The monoisotopic (exact) mass is 314 g/mol. The number of anilines is 1. The highest BCUT2D eigenvalue weighted by Gasteiger charge is 2.24. The number of hydrogen-bond donors (Lipinski definition) is 2. The van der Waals surface area contributed by atoms with E-state index >= 15 is 0 Å². The van der Waals surface area contributed by atoms with E-state index in [0.29, 0.717) is 0 Å². The summed E-state index contributed by atoms with van der Waals surface area (Å²) in [6, 6.07) is 0. The third kappa shape index (κ3) is 3.18. The van der Waals surface area contributed by atoms with Gasteiger partial charge in [0.25, 0.3) is 0 Å². The number of carbonyl (C=O) groups excluding carboxylic acids is 1. The molecule has 2 heterocycles. The maximum atomic E-state index is 12.3. The predicted molar refractivity (Wildman–Crippen MR) is 87.2 cm³/mol. The second kappa shape index (κ2) is 6.92. The third-order valence-corrected chi connectivity index (χ3v) is 5.69. The Morgan fingerprint density at radius 1 is 1.25 bits per heavy atom. The lowest BCUT2D eigenvalue weighted by molar-refractivity contribution is -0.120. The van der Waals surface area contributed by atoms with Crippen LogP contribution in [-0.2, 0) is 17.6 Å². The Bertz CT molecular complexity index is 480. The lowest BCUT2D eigenvalue weighted by Crippen LogP contribution is -2.34. The van der Waals surface area contributed by atoms with Gasteiger partial charge in [-0.2, -0.15) is 0 Å². The molecular formula is C15H23ClN2OS. The van der Waals surface area contributed by atoms with Crippen LogP contribution in [0.25, 0.3) is 0 Å². The van der Waals surface area contributed by atoms with Crippen molar-refractivity contribution < 1.29 is 4.79 Å². The van der Waals surface area contributed by atoms with E-state index in [4.69, 9.17) is 0 Å². The molecule has 2 N–H and O–H groups in total. The zero-order valence-corrected chi connectivity index (χ0v) is 13.6. The normalized spacial score (nSPS) is 19.1. The quantitative estimate of drug-likeness (QED) is 0.879. The average Bonchev–Trinajstić information content (AvgIpc) is 2.77. The van der Waals surface area contributed by atoms with E-state index in [-0.39, 0.29) is 24.2 Å². The van der Waals surface area contributed by atoms with Crippen molar-refractivity contribution in [1.82, 2.24) is 5.32 Å². The van der Waals surface area contributed by atoms with Crippen molar-refractivity contribution in [3.05, 3.63) is 16.0 Å². The highest BCUT2D eigenvalue weighted by Crippen LogP contribution is 2.37. The molecule has 3 rings (SSSR count). The van der Waals surface area contributed by atoms with Crippen molar-refractivity contribution in [2.45, 2.75) is 45.4 Å². The first-order valence-corrected chi connectivity index (χ1v) is 8.20. The average molecular weight is 315 g/mol. The van der Waals surface area contributed by atoms with Crippen molar-refractivity contribution in [2.75, 3.05) is 18.4 Å². The molecule has 1 amide bonds. The molecular weight excluding hydrogens is 292 g/mol. The number of thiophene rings is 1. The largest absolute Gasteiger partial charge is 0.317 e. The maximum Gasteiger partial charge on any atom is 0.228 e. The Morgan fingerprint density at radius 2 is 1.95 bits per heavy atom. The summed E-state index contributed by atoms with van der Waals surface area (Å²) in [5.41, 5.74) is 2.83. The molecule has 0 atom stereocenters. The first-order valence-electron chi connectivity index (χ1n) is 7.38. The molecule has 0 saturated carbocycles. The van der Waals surface area contributed by atoms with Crippen LogP contribution < -0.4 is 10.6 Å². The summed E-state index contributed by atoms with van der Waals surface area (Å²) in [6.07, 6.45) is 6.93. The second-order valence-corrected chi connectivity index (χ2v) is 6.78. The lowest BCUT2D eigenvalue weighted by atomic mass is 9.95. The number of nitrogens with one attached hydrogen (secondary N) is 2. The van der Waals surface area contributed by atoms with Gasteiger partial charge in [0.1, 0.15) is 0 Å². The predicted octanol–water partition coefficient (Wildman–Crippen LogP) is 3.30. The molecule has 1 aliphatic heterocycles. The summed E-state index contributed by atoms with van der Waals surface area (Å²) in [5.74, 6) is 0.419. The Labute approximate surface area is 130 Å². The number of piperidine rings is 1. The van der Waals surface area contributed by atoms with Crippen LogP contribution in [-0.4, -0.2) is 19.0 Å². The summed E-state index contributed by atoms with van der Waals surface area (Å²) in [4.78, 5) is 13.8. The molecule has 112 valence electrons. The van der Waals surface area contributed by atoms with Gasteiger partial charge in [-0.15, -0.1) is 23.7 Å². The van der Waals surface area contributed by atoms with Crippen LogP contribution >= 0.6 is 23.7 Å². The molecule has 0 unspecified atom stereocenters. The molecule has 5 heteroatoms. The van der Waals surface area contributed by atoms with Crippen LogP contribution in [0.4, 0.5) is 5.00 Å². The minimum absolute atomic E-state index is 0. The number of carbonyl (C=O) groups is 1. The van der Waals surface area contributed by atoms with Crippen LogP contribution in [0.3, 0.4) is 0 Å². The number of aryl methyl sites for hydroxylation is 1. The molecule has 0 spiro atoms. The summed E-state index contributed by atoms with van der Waals surface area (Å²) < 4.78 is 0. The lowest BCUT2D eigenvalue weighted by Gasteiger charge is -2.21. The topological polar surface area (TPSA) is 41.1 Å². The van der Waals surface area contributed by atoms with Gasteiger partial charge in [-0.1, -0.05) is 0 Å². The fourth-order valence-electron chi connectivity index (χ4n) is 3.14. The first kappa shape index (κ1) is 15.8. The summed E-state index contributed by atoms with van der Waals surface area (Å²) in [6.45, 7) is 4.11. The maximum absolute atomic E-state index is 12.3. The minimum atomic E-state index is 0. The zero-order chi connectivity index (χ0) is 13.2. The highest BCUT2D eigenvalue weighted by atomic mass is 35.5. The summed E-state index contributed by atoms with van der Waals surface area (Å²) >= 11 is 1.81. The molecule has 1 fully saturated rings. The van der Waals surface area contributed by atoms with Crippen molar-refractivity contribution >= 4 is 34.7 Å². The second-order valence-electron chi connectivity index (χ2n) is 5.68. The SMILES string of the molecule is Cc1c(NC(=O)C2CCNCC2)sc2c1CCCC2.Cl. The minimum Gasteiger partial charge on any atom is -0.317 e. The molecule has 0 aromatic carbocycles. The van der Waals surface area contributed by atoms with Gasteiger partial charge in [0.2, 0.25) is 5.91 Å². The number of halogens is 1. The van der Waals surface area contributed by atoms with Gasteiger partial charge in [-0.25, -0.2) is 0 Å². The van der Waals surface area contributed by atoms with Gasteiger partial charge >= 0.3 is 0 Å². The van der Waals surface area contributed by atoms with Crippen molar-refractivity contribution in [3.63, 3.8) is 0 Å². The third-order valence-electron chi connectivity index (χ3n) is 4.38. The summed E-state index contributed by atoms with van der Waals surface area (Å²) in [5, 5.41) is 7.60. The van der Waals surface area contributed by atoms with E-state index < -0.39 is 0 Å². The molecule has 0 radical (unpaired) electrons. The molecule has 1 aromatic heterocycles. The van der Waals surface area contributed by atoms with Gasteiger partial charge < -0.3 is 10.6 Å². The van der Waals surface area contributed by atoms with Crippen LogP contribution in [0.1, 0.15) is 41.7 Å². The van der Waals surface area contributed by atoms with Gasteiger partial charge in [0.05, 0.1) is 5.00 Å². The first-order chi connectivity index (χ1) is 9.25. The Kier molecular flexibility index (Phi) is 5.47. The van der Waals surface area contributed by atoms with Crippen LogP contribution in [0.5, 0.6) is 0 Å². The highest BCUT2D eigenvalue weighted by molar-refractivity contribution is 7.16. The fourth-order valence-corrected chi connectivity index (χ4v) is 4.44. The van der Waals surface area contributed by atoms with Gasteiger partial charge in [0, 0.05) is 10.8 Å². The summed E-state index contributed by atoms with van der Waals surface area (Å²) in [7, 11) is 0. The van der Waals surface area contributed by atoms with E-state index in [0.717, 1.165) is 30.9 Å². The molecule has 20 heavy (non-hydrogen) atoms. The Hall–Kier alpha value is -0.580. The van der Waals surface area contributed by atoms with E-state index in [9.17, 15) is 4.79 Å². The Morgan fingerprint density at radius 3 is 2.65 bits per heavy atom. The van der Waals surface area contributed by atoms with Gasteiger partial charge in [0.15, 0.2) is 0 Å². The van der Waals surface area contributed by atoms with E-state index in [1.807, 2.05) is 0 Å². The van der Waals surface area contributed by atoms with E-state index in [1.165, 1.54) is 41.7 Å².